The Bertz CT molecular complexity index is 495. The molecule has 3 heteroatoms. The van der Waals surface area contributed by atoms with Gasteiger partial charge in [-0.25, -0.2) is 0 Å². The number of aliphatic hydroxyl groups is 1. The normalized spacial score (nSPS) is 16.4. The van der Waals surface area contributed by atoms with Gasteiger partial charge in [0.15, 0.2) is 0 Å². The average Bonchev–Trinajstić information content (AvgIpc) is 2.29. The first kappa shape index (κ1) is 16.7. The van der Waals surface area contributed by atoms with E-state index in [4.69, 9.17) is 4.74 Å². The Kier molecular flexibility index (Phi) is 4.65. The first-order valence-corrected chi connectivity index (χ1v) is 6.98. The van der Waals surface area contributed by atoms with Crippen molar-refractivity contribution in [3.8, 4) is 0 Å². The zero-order valence-corrected chi connectivity index (χ0v) is 13.6. The Hall–Kier alpha value is -1.35. The maximum absolute atomic E-state index is 12.1. The molecule has 1 aromatic carbocycles. The van der Waals surface area contributed by atoms with Crippen molar-refractivity contribution in [1.29, 1.82) is 0 Å². The minimum atomic E-state index is -1.25. The molecule has 0 bridgehead atoms. The second-order valence-electron chi connectivity index (χ2n) is 6.70. The van der Waals surface area contributed by atoms with E-state index in [1.54, 1.807) is 13.8 Å². The topological polar surface area (TPSA) is 46.5 Å². The summed E-state index contributed by atoms with van der Waals surface area (Å²) >= 11 is 0. The van der Waals surface area contributed by atoms with Gasteiger partial charge in [0, 0.05) is 0 Å². The van der Waals surface area contributed by atoms with Crippen LogP contribution in [0.4, 0.5) is 0 Å². The fraction of sp³-hybridized carbons (Fsp3) is 0.588. The van der Waals surface area contributed by atoms with Gasteiger partial charge in [0.1, 0.15) is 5.60 Å². The smallest absolute Gasteiger partial charge is 0.312 e. The van der Waals surface area contributed by atoms with Crippen molar-refractivity contribution < 1.29 is 14.6 Å². The van der Waals surface area contributed by atoms with Crippen LogP contribution in [0, 0.1) is 19.8 Å². The Morgan fingerprint density at radius 1 is 1.15 bits per heavy atom. The number of hydrogen-bond acceptors (Lipinski definition) is 3. The first-order valence-electron chi connectivity index (χ1n) is 6.98. The highest BCUT2D eigenvalue weighted by atomic mass is 16.6. The molecule has 0 heterocycles. The van der Waals surface area contributed by atoms with Gasteiger partial charge in [-0.15, -0.1) is 0 Å². The highest BCUT2D eigenvalue weighted by Crippen LogP contribution is 2.32. The van der Waals surface area contributed by atoms with Gasteiger partial charge in [-0.2, -0.15) is 0 Å². The molecule has 0 amide bonds. The maximum Gasteiger partial charge on any atom is 0.312 e. The fourth-order valence-electron chi connectivity index (χ4n) is 1.93. The average molecular weight is 278 g/mol. The molecule has 1 aromatic rings. The third-order valence-electron chi connectivity index (χ3n) is 3.69. The lowest BCUT2D eigenvalue weighted by molar-refractivity contribution is -0.168. The van der Waals surface area contributed by atoms with E-state index in [2.05, 4.69) is 0 Å². The Balaban J connectivity index is 3.02. The van der Waals surface area contributed by atoms with Crippen molar-refractivity contribution in [1.82, 2.24) is 0 Å². The number of carbonyl (C=O) groups is 1. The molecule has 0 aliphatic rings. The van der Waals surface area contributed by atoms with Gasteiger partial charge in [0.25, 0.3) is 0 Å². The molecule has 0 spiro atoms. The van der Waals surface area contributed by atoms with Crippen molar-refractivity contribution in [3.63, 3.8) is 0 Å². The lowest BCUT2D eigenvalue weighted by Crippen LogP contribution is -2.39. The largest absolute Gasteiger partial charge is 0.460 e. The molecular formula is C17H26O3. The molecule has 0 aliphatic heterocycles. The van der Waals surface area contributed by atoms with E-state index in [-0.39, 0.29) is 5.97 Å². The summed E-state index contributed by atoms with van der Waals surface area (Å²) < 4.78 is 5.36. The van der Waals surface area contributed by atoms with Crippen LogP contribution in [0.2, 0.25) is 0 Å². The molecule has 1 rings (SSSR count). The van der Waals surface area contributed by atoms with Crippen molar-refractivity contribution >= 4 is 5.97 Å². The van der Waals surface area contributed by atoms with Crippen LogP contribution in [0.1, 0.15) is 51.3 Å². The second kappa shape index (κ2) is 5.57. The number of rotatable bonds is 3. The standard InChI is InChI=1S/C17H26O3/c1-11-8-9-14(10-12(11)2)17(7,19)13(3)15(18)20-16(4,5)6/h8-10,13,19H,1-7H3. The number of carbonyl (C=O) groups excluding carboxylic acids is 1. The molecule has 0 saturated carbocycles. The van der Waals surface area contributed by atoms with Crippen LogP contribution in [0.15, 0.2) is 18.2 Å². The van der Waals surface area contributed by atoms with Gasteiger partial charge in [0.2, 0.25) is 0 Å². The van der Waals surface area contributed by atoms with Gasteiger partial charge in [-0.1, -0.05) is 18.2 Å². The molecular weight excluding hydrogens is 252 g/mol. The summed E-state index contributed by atoms with van der Waals surface area (Å²) in [7, 11) is 0. The van der Waals surface area contributed by atoms with Crippen LogP contribution < -0.4 is 0 Å². The lowest BCUT2D eigenvalue weighted by Gasteiger charge is -2.32. The summed E-state index contributed by atoms with van der Waals surface area (Å²) in [6.07, 6.45) is 0. The predicted octanol–water partition coefficient (Wildman–Crippen LogP) is 3.49. The summed E-state index contributed by atoms with van der Waals surface area (Å²) in [5.41, 5.74) is 1.19. The van der Waals surface area contributed by atoms with Crippen molar-refractivity contribution in [2.24, 2.45) is 5.92 Å². The van der Waals surface area contributed by atoms with E-state index < -0.39 is 17.1 Å². The Labute approximate surface area is 122 Å². The predicted molar refractivity (Wildman–Crippen MR) is 80.5 cm³/mol. The third kappa shape index (κ3) is 3.83. The van der Waals surface area contributed by atoms with E-state index in [1.165, 1.54) is 0 Å². The molecule has 0 saturated heterocycles. The monoisotopic (exact) mass is 278 g/mol. The summed E-state index contributed by atoms with van der Waals surface area (Å²) in [4.78, 5) is 12.1. The first-order chi connectivity index (χ1) is 8.95. The van der Waals surface area contributed by atoms with Crippen LogP contribution >= 0.6 is 0 Å². The minimum Gasteiger partial charge on any atom is -0.460 e. The van der Waals surface area contributed by atoms with Crippen LogP contribution in [-0.4, -0.2) is 16.7 Å². The van der Waals surface area contributed by atoms with Crippen molar-refractivity contribution in [3.05, 3.63) is 34.9 Å². The summed E-state index contributed by atoms with van der Waals surface area (Å²) in [5, 5.41) is 10.7. The second-order valence-corrected chi connectivity index (χ2v) is 6.70. The molecule has 112 valence electrons. The maximum atomic E-state index is 12.1. The van der Waals surface area contributed by atoms with Gasteiger partial charge < -0.3 is 9.84 Å². The van der Waals surface area contributed by atoms with E-state index in [0.29, 0.717) is 0 Å². The molecule has 2 unspecified atom stereocenters. The zero-order valence-electron chi connectivity index (χ0n) is 13.6. The van der Waals surface area contributed by atoms with Gasteiger partial charge in [-0.05, 0) is 65.2 Å². The van der Waals surface area contributed by atoms with E-state index in [0.717, 1.165) is 16.7 Å². The third-order valence-corrected chi connectivity index (χ3v) is 3.69. The molecule has 1 N–H and O–H groups in total. The Morgan fingerprint density at radius 2 is 1.70 bits per heavy atom. The number of ether oxygens (including phenoxy) is 1. The van der Waals surface area contributed by atoms with Crippen molar-refractivity contribution in [2.75, 3.05) is 0 Å². The molecule has 0 aromatic heterocycles. The fourth-order valence-corrected chi connectivity index (χ4v) is 1.93. The van der Waals surface area contributed by atoms with Gasteiger partial charge >= 0.3 is 5.97 Å². The zero-order chi connectivity index (χ0) is 15.7. The molecule has 3 nitrogen and oxygen atoms in total. The van der Waals surface area contributed by atoms with Crippen molar-refractivity contribution in [2.45, 2.75) is 59.7 Å². The summed E-state index contributed by atoms with van der Waals surface area (Å²) in [6.45, 7) is 12.8. The molecule has 0 radical (unpaired) electrons. The van der Waals surface area contributed by atoms with Crippen LogP contribution in [0.25, 0.3) is 0 Å². The number of esters is 1. The van der Waals surface area contributed by atoms with Crippen LogP contribution in [0.5, 0.6) is 0 Å². The SMILES string of the molecule is Cc1ccc(C(C)(O)C(C)C(=O)OC(C)(C)C)cc1C. The highest BCUT2D eigenvalue weighted by molar-refractivity contribution is 5.74. The summed E-state index contributed by atoms with van der Waals surface area (Å²) in [5.74, 6) is -1.02. The summed E-state index contributed by atoms with van der Waals surface area (Å²) in [6, 6.07) is 5.75. The van der Waals surface area contributed by atoms with Crippen LogP contribution in [-0.2, 0) is 15.1 Å². The number of hydrogen-bond donors (Lipinski definition) is 1. The molecule has 20 heavy (non-hydrogen) atoms. The Morgan fingerprint density at radius 3 is 2.15 bits per heavy atom. The van der Waals surface area contributed by atoms with E-state index >= 15 is 0 Å². The van der Waals surface area contributed by atoms with Crippen LogP contribution in [0.3, 0.4) is 0 Å². The van der Waals surface area contributed by atoms with E-state index in [9.17, 15) is 9.90 Å². The molecule has 0 aliphatic carbocycles. The van der Waals surface area contributed by atoms with Gasteiger partial charge in [-0.3, -0.25) is 4.79 Å². The van der Waals surface area contributed by atoms with Gasteiger partial charge in [0.05, 0.1) is 11.5 Å². The lowest BCUT2D eigenvalue weighted by atomic mass is 9.83. The number of benzene rings is 1. The molecule has 2 atom stereocenters. The highest BCUT2D eigenvalue weighted by Gasteiger charge is 2.38. The molecule has 0 fully saturated rings. The minimum absolute atomic E-state index is 0.388. The number of aryl methyl sites for hydroxylation is 2. The quantitative estimate of drug-likeness (QED) is 0.861. The van der Waals surface area contributed by atoms with E-state index in [1.807, 2.05) is 52.8 Å².